The van der Waals surface area contributed by atoms with E-state index in [1.54, 1.807) is 45.9 Å². The first-order chi connectivity index (χ1) is 18.4. The minimum atomic E-state index is -1.10. The highest BCUT2D eigenvalue weighted by Crippen LogP contribution is 2.33. The average Bonchev–Trinajstić information content (AvgIpc) is 2.86. The molecule has 0 radical (unpaired) electrons. The number of hydrogen-bond donors (Lipinski definition) is 3. The molecule has 8 nitrogen and oxygen atoms in total. The number of alkyl carbamates (subject to hydrolysis) is 1. The zero-order valence-corrected chi connectivity index (χ0v) is 24.4. The number of phenolic OH excluding ortho intramolecular Hbond substituents is 1. The van der Waals surface area contributed by atoms with Gasteiger partial charge >= 0.3 is 6.09 Å². The zero-order valence-electron chi connectivity index (χ0n) is 24.4. The second-order valence-electron chi connectivity index (χ2n) is 11.2. The van der Waals surface area contributed by atoms with Crippen LogP contribution in [0.1, 0.15) is 83.5 Å². The largest absolute Gasteiger partial charge is 0.507 e. The third-order valence-electron chi connectivity index (χ3n) is 6.32. The summed E-state index contributed by atoms with van der Waals surface area (Å²) in [5.74, 6) is -1.14. The number of unbranched alkanes of at least 4 members (excludes halogenated alkanes) is 2. The molecule has 0 aromatic heterocycles. The first-order valence-electron chi connectivity index (χ1n) is 13.8. The van der Waals surface area contributed by atoms with E-state index in [0.29, 0.717) is 17.5 Å². The van der Waals surface area contributed by atoms with Crippen molar-refractivity contribution in [2.75, 3.05) is 6.54 Å². The summed E-state index contributed by atoms with van der Waals surface area (Å²) in [5, 5.41) is 16.7. The normalized spacial score (nSPS) is 12.9. The highest BCUT2D eigenvalue weighted by Gasteiger charge is 2.38. The molecular weight excluding hydrogens is 494 g/mol. The topological polar surface area (TPSA) is 108 Å². The molecule has 0 heterocycles. The van der Waals surface area contributed by atoms with E-state index in [4.69, 9.17) is 4.74 Å². The molecule has 39 heavy (non-hydrogen) atoms. The smallest absolute Gasteiger partial charge is 0.408 e. The summed E-state index contributed by atoms with van der Waals surface area (Å²) in [7, 11) is 0. The lowest BCUT2D eigenvalue weighted by Crippen LogP contribution is -2.55. The van der Waals surface area contributed by atoms with Crippen LogP contribution in [0.2, 0.25) is 0 Å². The maximum absolute atomic E-state index is 14.2. The molecule has 2 aromatic rings. The Balaban J connectivity index is 2.51. The zero-order chi connectivity index (χ0) is 29.2. The number of aromatic hydroxyl groups is 1. The number of benzene rings is 2. The maximum Gasteiger partial charge on any atom is 0.408 e. The van der Waals surface area contributed by atoms with Crippen molar-refractivity contribution in [2.24, 2.45) is 5.92 Å². The Morgan fingerprint density at radius 3 is 2.26 bits per heavy atom. The van der Waals surface area contributed by atoms with Gasteiger partial charge in [0.2, 0.25) is 11.8 Å². The molecule has 0 spiro atoms. The monoisotopic (exact) mass is 539 g/mol. The van der Waals surface area contributed by atoms with Crippen LogP contribution in [-0.2, 0) is 20.9 Å². The third kappa shape index (κ3) is 9.61. The van der Waals surface area contributed by atoms with Crippen LogP contribution >= 0.6 is 0 Å². The van der Waals surface area contributed by atoms with Gasteiger partial charge in [0.15, 0.2) is 0 Å². The molecule has 2 rings (SSSR count). The van der Waals surface area contributed by atoms with Crippen molar-refractivity contribution in [3.8, 4) is 5.75 Å². The van der Waals surface area contributed by atoms with Gasteiger partial charge in [-0.05, 0) is 51.2 Å². The minimum Gasteiger partial charge on any atom is -0.507 e. The molecular formula is C31H45N3O5. The van der Waals surface area contributed by atoms with E-state index in [2.05, 4.69) is 17.6 Å². The second-order valence-corrected chi connectivity index (χ2v) is 11.2. The number of para-hydroxylation sites is 1. The van der Waals surface area contributed by atoms with E-state index in [1.165, 1.54) is 4.90 Å². The number of aryl methyl sites for hydroxylation is 1. The molecule has 2 aromatic carbocycles. The van der Waals surface area contributed by atoms with Crippen molar-refractivity contribution in [2.45, 2.75) is 92.0 Å². The number of carbonyl (C=O) groups excluding carboxylic acids is 3. The van der Waals surface area contributed by atoms with Gasteiger partial charge in [0.1, 0.15) is 23.4 Å². The molecule has 2 atom stereocenters. The van der Waals surface area contributed by atoms with Gasteiger partial charge in [-0.2, -0.15) is 0 Å². The SMILES string of the molecule is CCCCCN(C(=O)C(NC(=O)OC(C)(C)C)C(C)C)C(C(=O)NCc1ccccc1)c1cccc(C)c1O. The Hall–Kier alpha value is -3.55. The molecule has 0 saturated carbocycles. The Labute approximate surface area is 233 Å². The highest BCUT2D eigenvalue weighted by atomic mass is 16.6. The van der Waals surface area contributed by atoms with E-state index >= 15 is 0 Å². The van der Waals surface area contributed by atoms with Crippen molar-refractivity contribution in [3.63, 3.8) is 0 Å². The summed E-state index contributed by atoms with van der Waals surface area (Å²) >= 11 is 0. The lowest BCUT2D eigenvalue weighted by Gasteiger charge is -2.36. The summed E-state index contributed by atoms with van der Waals surface area (Å²) < 4.78 is 5.42. The number of carbonyl (C=O) groups is 3. The van der Waals surface area contributed by atoms with Crippen molar-refractivity contribution >= 4 is 17.9 Å². The van der Waals surface area contributed by atoms with Crippen LogP contribution < -0.4 is 10.6 Å². The van der Waals surface area contributed by atoms with Gasteiger partial charge < -0.3 is 25.4 Å². The van der Waals surface area contributed by atoms with Gasteiger partial charge in [-0.1, -0.05) is 82.1 Å². The average molecular weight is 540 g/mol. The molecule has 0 fully saturated rings. The van der Waals surface area contributed by atoms with Crippen molar-refractivity contribution in [1.82, 2.24) is 15.5 Å². The molecule has 2 unspecified atom stereocenters. The summed E-state index contributed by atoms with van der Waals surface area (Å²) in [6.07, 6.45) is 1.74. The van der Waals surface area contributed by atoms with Gasteiger partial charge in [-0.3, -0.25) is 9.59 Å². The van der Waals surface area contributed by atoms with E-state index in [-0.39, 0.29) is 24.8 Å². The van der Waals surface area contributed by atoms with Gasteiger partial charge in [-0.25, -0.2) is 4.79 Å². The number of hydrogen-bond acceptors (Lipinski definition) is 5. The number of phenols is 1. The second kappa shape index (κ2) is 14.6. The standard InChI is InChI=1S/C31H45N3O5/c1-8-9-13-19-34(29(37)25(21(2)3)33-30(38)39-31(5,6)7)26(24-18-14-15-22(4)27(24)35)28(36)32-20-23-16-11-10-12-17-23/h10-12,14-18,21,25-26,35H,8-9,13,19-20H2,1-7H3,(H,32,36)(H,33,38). The fourth-order valence-electron chi connectivity index (χ4n) is 4.26. The summed E-state index contributed by atoms with van der Waals surface area (Å²) in [5.41, 5.74) is 1.11. The van der Waals surface area contributed by atoms with Crippen LogP contribution in [0.25, 0.3) is 0 Å². The molecule has 0 bridgehead atoms. The quantitative estimate of drug-likeness (QED) is 0.303. The molecule has 8 heteroatoms. The van der Waals surface area contributed by atoms with E-state index in [9.17, 15) is 19.5 Å². The number of nitrogens with zero attached hydrogens (tertiary/aromatic N) is 1. The van der Waals surface area contributed by atoms with Crippen LogP contribution in [0, 0.1) is 12.8 Å². The van der Waals surface area contributed by atoms with Gasteiger partial charge in [-0.15, -0.1) is 0 Å². The molecule has 3 amide bonds. The fourth-order valence-corrected chi connectivity index (χ4v) is 4.26. The number of amides is 3. The first kappa shape index (κ1) is 31.7. The van der Waals surface area contributed by atoms with Gasteiger partial charge in [0.25, 0.3) is 0 Å². The first-order valence-corrected chi connectivity index (χ1v) is 13.8. The maximum atomic E-state index is 14.2. The van der Waals surface area contributed by atoms with Crippen molar-refractivity contribution < 1.29 is 24.2 Å². The van der Waals surface area contributed by atoms with Gasteiger partial charge in [0, 0.05) is 18.7 Å². The Bertz CT molecular complexity index is 1100. The van der Waals surface area contributed by atoms with Crippen molar-refractivity contribution in [1.29, 1.82) is 0 Å². The molecule has 3 N–H and O–H groups in total. The highest BCUT2D eigenvalue weighted by molar-refractivity contribution is 5.92. The lowest BCUT2D eigenvalue weighted by atomic mass is 9.96. The molecule has 0 aliphatic heterocycles. The van der Waals surface area contributed by atoms with Crippen LogP contribution in [-0.4, -0.2) is 46.1 Å². The van der Waals surface area contributed by atoms with E-state index < -0.39 is 35.6 Å². The van der Waals surface area contributed by atoms with E-state index in [0.717, 1.165) is 18.4 Å². The van der Waals surface area contributed by atoms with Crippen LogP contribution in [0.3, 0.4) is 0 Å². The molecule has 0 saturated heterocycles. The van der Waals surface area contributed by atoms with Crippen molar-refractivity contribution in [3.05, 3.63) is 65.2 Å². The van der Waals surface area contributed by atoms with Crippen LogP contribution in [0.5, 0.6) is 5.75 Å². The minimum absolute atomic E-state index is 0.0353. The molecule has 214 valence electrons. The van der Waals surface area contributed by atoms with Gasteiger partial charge in [0.05, 0.1) is 0 Å². The predicted octanol–water partition coefficient (Wildman–Crippen LogP) is 5.63. The third-order valence-corrected chi connectivity index (χ3v) is 6.32. The Kier molecular flexibility index (Phi) is 11.8. The summed E-state index contributed by atoms with van der Waals surface area (Å²) in [6, 6.07) is 12.6. The summed E-state index contributed by atoms with van der Waals surface area (Å²) in [6.45, 7) is 13.3. The molecule has 0 aliphatic carbocycles. The number of nitrogens with one attached hydrogen (secondary N) is 2. The Morgan fingerprint density at radius 2 is 1.67 bits per heavy atom. The van der Waals surface area contributed by atoms with Crippen LogP contribution in [0.4, 0.5) is 4.79 Å². The lowest BCUT2D eigenvalue weighted by molar-refractivity contribution is -0.143. The summed E-state index contributed by atoms with van der Waals surface area (Å²) in [4.78, 5) is 42.2. The number of rotatable bonds is 12. The van der Waals surface area contributed by atoms with Crippen LogP contribution in [0.15, 0.2) is 48.5 Å². The Morgan fingerprint density at radius 1 is 1.00 bits per heavy atom. The molecule has 0 aliphatic rings. The fraction of sp³-hybridized carbons (Fsp3) is 0.516. The number of ether oxygens (including phenoxy) is 1. The van der Waals surface area contributed by atoms with E-state index in [1.807, 2.05) is 44.2 Å². The predicted molar refractivity (Wildman–Crippen MR) is 153 cm³/mol.